The van der Waals surface area contributed by atoms with Crippen LogP contribution in [0.5, 0.6) is 0 Å². The molecule has 0 aromatic heterocycles. The van der Waals surface area contributed by atoms with Crippen LogP contribution in [0.15, 0.2) is 0 Å². The molecule has 0 bridgehead atoms. The molecule has 0 radical (unpaired) electrons. The van der Waals surface area contributed by atoms with Gasteiger partial charge < -0.3 is 0 Å². The van der Waals surface area contributed by atoms with Gasteiger partial charge in [0.1, 0.15) is 0 Å². The van der Waals surface area contributed by atoms with E-state index in [0.29, 0.717) is 0 Å². The molecule has 2 aliphatic carbocycles. The molecule has 0 aromatic rings. The van der Waals surface area contributed by atoms with Crippen molar-refractivity contribution in [3.8, 4) is 0 Å². The Morgan fingerprint density at radius 2 is 1.90 bits per heavy atom. The molecule has 10 heavy (non-hydrogen) atoms. The average Bonchev–Trinajstić information content (AvgIpc) is 2.56. The maximum Gasteiger partial charge on any atom is -0.0355 e. The highest BCUT2D eigenvalue weighted by Crippen LogP contribution is 2.51. The molecular formula is C10H18. The normalized spacial score (nSPS) is 40.5. The van der Waals surface area contributed by atoms with Crippen LogP contribution in [0.2, 0.25) is 0 Å². The summed E-state index contributed by atoms with van der Waals surface area (Å²) < 4.78 is 0. The zero-order valence-electron chi connectivity index (χ0n) is 6.97. The fourth-order valence-electron chi connectivity index (χ4n) is 2.70. The van der Waals surface area contributed by atoms with E-state index in [0.717, 1.165) is 11.8 Å². The Kier molecular flexibility index (Phi) is 1.71. The molecule has 0 heterocycles. The van der Waals surface area contributed by atoms with Crippen LogP contribution in [0.3, 0.4) is 0 Å². The first-order valence-electron chi connectivity index (χ1n) is 4.92. The first-order chi connectivity index (χ1) is 4.92. The van der Waals surface area contributed by atoms with E-state index in [4.69, 9.17) is 0 Å². The van der Waals surface area contributed by atoms with Crippen LogP contribution in [-0.4, -0.2) is 0 Å². The minimum absolute atomic E-state index is 1.14. The van der Waals surface area contributed by atoms with E-state index in [-0.39, 0.29) is 0 Å². The molecule has 0 amide bonds. The Morgan fingerprint density at radius 1 is 1.20 bits per heavy atom. The van der Waals surface area contributed by atoms with Gasteiger partial charge in [0.2, 0.25) is 0 Å². The molecule has 0 aliphatic heterocycles. The molecular weight excluding hydrogens is 120 g/mol. The summed E-state index contributed by atoms with van der Waals surface area (Å²) in [6.45, 7) is 2.35. The Labute approximate surface area is 64.0 Å². The largest absolute Gasteiger partial charge is 0.0651 e. The van der Waals surface area contributed by atoms with E-state index >= 15 is 0 Å². The highest BCUT2D eigenvalue weighted by molar-refractivity contribution is 4.91. The number of hydrogen-bond donors (Lipinski definition) is 0. The number of hydrogen-bond acceptors (Lipinski definition) is 0. The second-order valence-electron chi connectivity index (χ2n) is 4.11. The molecule has 2 fully saturated rings. The van der Waals surface area contributed by atoms with Gasteiger partial charge in [-0.2, -0.15) is 0 Å². The zero-order chi connectivity index (χ0) is 6.97. The Morgan fingerprint density at radius 3 is 2.40 bits per heavy atom. The fraction of sp³-hybridized carbons (Fsp3) is 1.00. The predicted molar refractivity (Wildman–Crippen MR) is 43.8 cm³/mol. The Balaban J connectivity index is 1.79. The van der Waals surface area contributed by atoms with Crippen molar-refractivity contribution in [2.75, 3.05) is 0 Å². The molecule has 2 aliphatic rings. The smallest absolute Gasteiger partial charge is 0.0355 e. The maximum absolute atomic E-state index is 2.35. The van der Waals surface area contributed by atoms with Gasteiger partial charge in [0.15, 0.2) is 0 Å². The third-order valence-corrected chi connectivity index (χ3v) is 3.51. The lowest BCUT2D eigenvalue weighted by Gasteiger charge is -2.05. The fourth-order valence-corrected chi connectivity index (χ4v) is 2.70. The molecule has 0 saturated heterocycles. The van der Waals surface area contributed by atoms with E-state index < -0.39 is 0 Å². The van der Waals surface area contributed by atoms with Gasteiger partial charge in [-0.05, 0) is 24.2 Å². The van der Waals surface area contributed by atoms with Crippen molar-refractivity contribution in [2.24, 2.45) is 17.8 Å². The monoisotopic (exact) mass is 138 g/mol. The van der Waals surface area contributed by atoms with Gasteiger partial charge in [-0.1, -0.05) is 39.0 Å². The van der Waals surface area contributed by atoms with Crippen molar-refractivity contribution < 1.29 is 0 Å². The molecule has 0 nitrogen and oxygen atoms in total. The molecule has 0 heteroatoms. The van der Waals surface area contributed by atoms with Crippen molar-refractivity contribution in [3.05, 3.63) is 0 Å². The first kappa shape index (κ1) is 6.69. The SMILES string of the molecule is CCC1CC1C1CCCC1. The van der Waals surface area contributed by atoms with E-state index in [2.05, 4.69) is 6.92 Å². The van der Waals surface area contributed by atoms with Gasteiger partial charge in [-0.15, -0.1) is 0 Å². The van der Waals surface area contributed by atoms with Gasteiger partial charge in [0.05, 0.1) is 0 Å². The molecule has 0 spiro atoms. The van der Waals surface area contributed by atoms with E-state index in [1.807, 2.05) is 0 Å². The summed E-state index contributed by atoms with van der Waals surface area (Å²) in [6, 6.07) is 0. The summed E-state index contributed by atoms with van der Waals surface area (Å²) in [7, 11) is 0. The molecule has 0 N–H and O–H groups in total. The summed E-state index contributed by atoms with van der Waals surface area (Å²) in [4.78, 5) is 0. The topological polar surface area (TPSA) is 0 Å². The summed E-state index contributed by atoms with van der Waals surface area (Å²) in [5, 5.41) is 0. The van der Waals surface area contributed by atoms with Gasteiger partial charge in [0.25, 0.3) is 0 Å². The van der Waals surface area contributed by atoms with E-state index in [1.54, 1.807) is 19.3 Å². The molecule has 2 rings (SSSR count). The minimum Gasteiger partial charge on any atom is -0.0651 e. The molecule has 58 valence electrons. The first-order valence-corrected chi connectivity index (χ1v) is 4.92. The summed E-state index contributed by atoms with van der Waals surface area (Å²) in [5.41, 5.74) is 0. The van der Waals surface area contributed by atoms with Crippen LogP contribution in [0, 0.1) is 17.8 Å². The standard InChI is InChI=1S/C10H18/c1-2-8-7-10(8)9-5-3-4-6-9/h8-10H,2-7H2,1H3. The van der Waals surface area contributed by atoms with Crippen LogP contribution < -0.4 is 0 Å². The van der Waals surface area contributed by atoms with Crippen molar-refractivity contribution in [1.29, 1.82) is 0 Å². The van der Waals surface area contributed by atoms with Crippen LogP contribution in [0.25, 0.3) is 0 Å². The van der Waals surface area contributed by atoms with Gasteiger partial charge in [0, 0.05) is 0 Å². The van der Waals surface area contributed by atoms with Crippen molar-refractivity contribution in [2.45, 2.75) is 45.4 Å². The van der Waals surface area contributed by atoms with Crippen LogP contribution in [0.4, 0.5) is 0 Å². The highest BCUT2D eigenvalue weighted by atomic mass is 14.5. The average molecular weight is 138 g/mol. The molecule has 0 aromatic carbocycles. The molecule has 2 atom stereocenters. The van der Waals surface area contributed by atoms with E-state index in [9.17, 15) is 0 Å². The molecule has 2 saturated carbocycles. The van der Waals surface area contributed by atoms with Gasteiger partial charge in [-0.25, -0.2) is 0 Å². The summed E-state index contributed by atoms with van der Waals surface area (Å²) >= 11 is 0. The third-order valence-electron chi connectivity index (χ3n) is 3.51. The number of rotatable bonds is 2. The second-order valence-corrected chi connectivity index (χ2v) is 4.11. The Hall–Kier alpha value is 0. The van der Waals surface area contributed by atoms with Crippen LogP contribution >= 0.6 is 0 Å². The van der Waals surface area contributed by atoms with Crippen molar-refractivity contribution in [1.82, 2.24) is 0 Å². The van der Waals surface area contributed by atoms with Gasteiger partial charge in [-0.3, -0.25) is 0 Å². The Bertz CT molecular complexity index is 111. The quantitative estimate of drug-likeness (QED) is 0.549. The van der Waals surface area contributed by atoms with E-state index in [1.165, 1.54) is 25.2 Å². The second kappa shape index (κ2) is 2.56. The minimum atomic E-state index is 1.14. The zero-order valence-corrected chi connectivity index (χ0v) is 6.97. The van der Waals surface area contributed by atoms with Crippen LogP contribution in [-0.2, 0) is 0 Å². The maximum atomic E-state index is 2.35. The third kappa shape index (κ3) is 1.09. The lowest BCUT2D eigenvalue weighted by atomic mass is 10.0. The van der Waals surface area contributed by atoms with Crippen LogP contribution in [0.1, 0.15) is 45.4 Å². The highest BCUT2D eigenvalue weighted by Gasteiger charge is 2.41. The summed E-state index contributed by atoms with van der Waals surface area (Å²) in [5.74, 6) is 3.47. The lowest BCUT2D eigenvalue weighted by Crippen LogP contribution is -1.97. The van der Waals surface area contributed by atoms with Gasteiger partial charge >= 0.3 is 0 Å². The van der Waals surface area contributed by atoms with Crippen molar-refractivity contribution >= 4 is 0 Å². The molecule has 2 unspecified atom stereocenters. The van der Waals surface area contributed by atoms with Crippen molar-refractivity contribution in [3.63, 3.8) is 0 Å². The summed E-state index contributed by atoms with van der Waals surface area (Å²) in [6.07, 6.45) is 9.18. The predicted octanol–water partition coefficient (Wildman–Crippen LogP) is 3.22. The lowest BCUT2D eigenvalue weighted by molar-refractivity contribution is 0.445.